The molecule has 0 aromatic rings. The molecular formula is C14H30N2O. The third kappa shape index (κ3) is 4.94. The smallest absolute Gasteiger partial charge is 0.0594 e. The van der Waals surface area contributed by atoms with E-state index in [1.54, 1.807) is 0 Å². The summed E-state index contributed by atoms with van der Waals surface area (Å²) in [4.78, 5) is 2.54. The van der Waals surface area contributed by atoms with Gasteiger partial charge in [-0.2, -0.15) is 0 Å². The lowest BCUT2D eigenvalue weighted by Crippen LogP contribution is -2.55. The van der Waals surface area contributed by atoms with Crippen LogP contribution in [0.4, 0.5) is 0 Å². The Balaban J connectivity index is 2.36. The van der Waals surface area contributed by atoms with Crippen molar-refractivity contribution in [1.29, 1.82) is 0 Å². The normalized spacial score (nSPS) is 20.5. The molecule has 1 unspecified atom stereocenters. The summed E-state index contributed by atoms with van der Waals surface area (Å²) in [6.45, 7) is 14.2. The number of nitrogens with zero attached hydrogens (tertiary/aromatic N) is 1. The fraction of sp³-hybridized carbons (Fsp3) is 1.00. The van der Waals surface area contributed by atoms with Crippen LogP contribution in [0.15, 0.2) is 0 Å². The van der Waals surface area contributed by atoms with Crippen LogP contribution in [0.1, 0.15) is 47.0 Å². The van der Waals surface area contributed by atoms with Gasteiger partial charge in [0.2, 0.25) is 0 Å². The van der Waals surface area contributed by atoms with E-state index in [-0.39, 0.29) is 5.54 Å². The topological polar surface area (TPSA) is 24.5 Å². The van der Waals surface area contributed by atoms with Gasteiger partial charge in [0.1, 0.15) is 0 Å². The zero-order valence-corrected chi connectivity index (χ0v) is 12.1. The molecule has 1 heterocycles. The summed E-state index contributed by atoms with van der Waals surface area (Å²) in [5.74, 6) is 0. The van der Waals surface area contributed by atoms with E-state index < -0.39 is 0 Å². The predicted molar refractivity (Wildman–Crippen MR) is 73.5 cm³/mol. The van der Waals surface area contributed by atoms with Gasteiger partial charge >= 0.3 is 0 Å². The van der Waals surface area contributed by atoms with E-state index in [9.17, 15) is 0 Å². The molecule has 1 fully saturated rings. The lowest BCUT2D eigenvalue weighted by atomic mass is 10.0. The van der Waals surface area contributed by atoms with Crippen molar-refractivity contribution in [2.24, 2.45) is 0 Å². The maximum atomic E-state index is 5.42. The quantitative estimate of drug-likeness (QED) is 0.741. The number of morpholine rings is 1. The minimum Gasteiger partial charge on any atom is -0.379 e. The third-order valence-electron chi connectivity index (χ3n) is 3.82. The summed E-state index contributed by atoms with van der Waals surface area (Å²) in [6, 6.07) is 0.681. The van der Waals surface area contributed by atoms with E-state index in [1.165, 1.54) is 19.3 Å². The third-order valence-corrected chi connectivity index (χ3v) is 3.82. The highest BCUT2D eigenvalue weighted by atomic mass is 16.5. The zero-order chi connectivity index (χ0) is 12.7. The second-order valence-electron chi connectivity index (χ2n) is 5.69. The molecule has 0 saturated carbocycles. The molecule has 0 aliphatic carbocycles. The largest absolute Gasteiger partial charge is 0.379 e. The molecule has 1 N–H and O–H groups in total. The van der Waals surface area contributed by atoms with Gasteiger partial charge in [-0.15, -0.1) is 0 Å². The first kappa shape index (κ1) is 14.9. The van der Waals surface area contributed by atoms with Gasteiger partial charge in [0.05, 0.1) is 13.2 Å². The van der Waals surface area contributed by atoms with E-state index >= 15 is 0 Å². The first-order chi connectivity index (χ1) is 8.10. The van der Waals surface area contributed by atoms with Crippen molar-refractivity contribution in [2.45, 2.75) is 58.5 Å². The van der Waals surface area contributed by atoms with Crippen LogP contribution in [0.3, 0.4) is 0 Å². The van der Waals surface area contributed by atoms with Crippen molar-refractivity contribution in [3.8, 4) is 0 Å². The Hall–Kier alpha value is -0.120. The monoisotopic (exact) mass is 242 g/mol. The van der Waals surface area contributed by atoms with Gasteiger partial charge in [-0.05, 0) is 26.7 Å². The number of ether oxygens (including phenoxy) is 1. The fourth-order valence-corrected chi connectivity index (χ4v) is 2.47. The Morgan fingerprint density at radius 1 is 1.24 bits per heavy atom. The highest BCUT2D eigenvalue weighted by Crippen LogP contribution is 2.16. The molecule has 17 heavy (non-hydrogen) atoms. The molecule has 1 atom stereocenters. The average Bonchev–Trinajstić information content (AvgIpc) is 2.35. The van der Waals surface area contributed by atoms with Crippen LogP contribution in [-0.2, 0) is 4.74 Å². The molecule has 0 radical (unpaired) electrons. The van der Waals surface area contributed by atoms with Crippen molar-refractivity contribution in [1.82, 2.24) is 10.2 Å². The number of nitrogens with one attached hydrogen (secondary N) is 1. The molecular weight excluding hydrogens is 212 g/mol. The van der Waals surface area contributed by atoms with Crippen molar-refractivity contribution in [2.75, 3.05) is 32.8 Å². The Morgan fingerprint density at radius 2 is 1.88 bits per heavy atom. The molecule has 1 rings (SSSR count). The summed E-state index contributed by atoms with van der Waals surface area (Å²) >= 11 is 0. The average molecular weight is 242 g/mol. The molecule has 0 amide bonds. The molecule has 0 bridgehead atoms. The molecule has 1 saturated heterocycles. The first-order valence-corrected chi connectivity index (χ1v) is 7.16. The maximum Gasteiger partial charge on any atom is 0.0594 e. The lowest BCUT2D eigenvalue weighted by molar-refractivity contribution is -0.0104. The standard InChI is InChI=1S/C14H30N2O/c1-5-7-13(6-2)15-12-14(3,4)16-8-10-17-11-9-16/h13,15H,5-12H2,1-4H3. The Morgan fingerprint density at radius 3 is 2.41 bits per heavy atom. The molecule has 1 aliphatic rings. The molecule has 102 valence electrons. The number of hydrogen-bond donors (Lipinski definition) is 1. The van der Waals surface area contributed by atoms with Crippen molar-refractivity contribution in [3.63, 3.8) is 0 Å². The van der Waals surface area contributed by atoms with E-state index in [4.69, 9.17) is 4.74 Å². The minimum absolute atomic E-state index is 0.241. The van der Waals surface area contributed by atoms with Crippen LogP contribution in [-0.4, -0.2) is 49.3 Å². The Bertz CT molecular complexity index is 200. The van der Waals surface area contributed by atoms with E-state index in [0.29, 0.717) is 6.04 Å². The minimum atomic E-state index is 0.241. The Labute approximate surface area is 107 Å². The number of hydrogen-bond acceptors (Lipinski definition) is 3. The molecule has 3 heteroatoms. The summed E-state index contributed by atoms with van der Waals surface area (Å²) < 4.78 is 5.42. The van der Waals surface area contributed by atoms with Crippen LogP contribution < -0.4 is 5.32 Å². The van der Waals surface area contributed by atoms with Gasteiger partial charge in [-0.25, -0.2) is 0 Å². The van der Waals surface area contributed by atoms with Crippen LogP contribution in [0.2, 0.25) is 0 Å². The molecule has 0 aromatic heterocycles. The van der Waals surface area contributed by atoms with Crippen LogP contribution in [0.25, 0.3) is 0 Å². The second-order valence-corrected chi connectivity index (χ2v) is 5.69. The SMILES string of the molecule is CCCC(CC)NCC(C)(C)N1CCOCC1. The predicted octanol–water partition coefficient (Wildman–Crippen LogP) is 2.27. The lowest BCUT2D eigenvalue weighted by Gasteiger charge is -2.41. The van der Waals surface area contributed by atoms with Crippen molar-refractivity contribution < 1.29 is 4.74 Å². The van der Waals surface area contributed by atoms with E-state index in [0.717, 1.165) is 32.8 Å². The van der Waals surface area contributed by atoms with Crippen LogP contribution in [0.5, 0.6) is 0 Å². The van der Waals surface area contributed by atoms with Gasteiger partial charge in [-0.3, -0.25) is 4.90 Å². The van der Waals surface area contributed by atoms with Crippen molar-refractivity contribution >= 4 is 0 Å². The van der Waals surface area contributed by atoms with Crippen LogP contribution >= 0.6 is 0 Å². The Kier molecular flexibility index (Phi) is 6.45. The van der Waals surface area contributed by atoms with Gasteiger partial charge < -0.3 is 10.1 Å². The molecule has 0 aromatic carbocycles. The second kappa shape index (κ2) is 7.34. The highest BCUT2D eigenvalue weighted by molar-refractivity contribution is 4.86. The molecule has 1 aliphatic heterocycles. The summed E-state index contributed by atoms with van der Waals surface area (Å²) in [6.07, 6.45) is 3.78. The van der Waals surface area contributed by atoms with Gasteiger partial charge in [0.15, 0.2) is 0 Å². The van der Waals surface area contributed by atoms with Crippen LogP contribution in [0, 0.1) is 0 Å². The fourth-order valence-electron chi connectivity index (χ4n) is 2.47. The summed E-state index contributed by atoms with van der Waals surface area (Å²) in [5, 5.41) is 3.73. The maximum absolute atomic E-state index is 5.42. The molecule has 0 spiro atoms. The van der Waals surface area contributed by atoms with E-state index in [2.05, 4.69) is 37.9 Å². The van der Waals surface area contributed by atoms with E-state index in [1.807, 2.05) is 0 Å². The number of rotatable bonds is 7. The highest BCUT2D eigenvalue weighted by Gasteiger charge is 2.28. The van der Waals surface area contributed by atoms with Crippen molar-refractivity contribution in [3.05, 3.63) is 0 Å². The van der Waals surface area contributed by atoms with Gasteiger partial charge in [0, 0.05) is 31.2 Å². The first-order valence-electron chi connectivity index (χ1n) is 7.16. The van der Waals surface area contributed by atoms with Gasteiger partial charge in [-0.1, -0.05) is 20.3 Å². The summed E-state index contributed by atoms with van der Waals surface area (Å²) in [5.41, 5.74) is 0.241. The van der Waals surface area contributed by atoms with Gasteiger partial charge in [0.25, 0.3) is 0 Å². The summed E-state index contributed by atoms with van der Waals surface area (Å²) in [7, 11) is 0. The zero-order valence-electron chi connectivity index (χ0n) is 12.1. The molecule has 3 nitrogen and oxygen atoms in total.